The number of aliphatic hydroxyl groups is 1. The van der Waals surface area contributed by atoms with Crippen LogP contribution in [0.15, 0.2) is 12.3 Å². The first-order valence-corrected chi connectivity index (χ1v) is 10.2. The molecule has 1 aliphatic rings. The molecule has 8 nitrogen and oxygen atoms in total. The molecule has 6 N–H and O–H groups in total. The Morgan fingerprint density at radius 2 is 2.14 bits per heavy atom. The number of aryl methyl sites for hydroxylation is 1. The van der Waals surface area contributed by atoms with Crippen LogP contribution >= 0.6 is 0 Å². The van der Waals surface area contributed by atoms with Gasteiger partial charge in [-0.25, -0.2) is 4.98 Å². The molecule has 3 atom stereocenters. The van der Waals surface area contributed by atoms with Gasteiger partial charge in [0, 0.05) is 50.6 Å². The maximum Gasteiger partial charge on any atom is 0.256 e. The van der Waals surface area contributed by atoms with Gasteiger partial charge in [-0.3, -0.25) is 4.79 Å². The zero-order chi connectivity index (χ0) is 20.5. The zero-order valence-corrected chi connectivity index (χ0v) is 17.2. The number of hydrogen-bond donors (Lipinski definition) is 5. The Labute approximate surface area is 167 Å². The third-order valence-corrected chi connectivity index (χ3v) is 5.07. The van der Waals surface area contributed by atoms with E-state index in [0.717, 1.165) is 38.0 Å². The van der Waals surface area contributed by atoms with Crippen molar-refractivity contribution in [2.75, 3.05) is 31.7 Å². The highest BCUT2D eigenvalue weighted by atomic mass is 16.5. The molecule has 0 aromatic carbocycles. The van der Waals surface area contributed by atoms with Gasteiger partial charge in [-0.2, -0.15) is 0 Å². The summed E-state index contributed by atoms with van der Waals surface area (Å²) in [5.41, 5.74) is 7.04. The van der Waals surface area contributed by atoms with Crippen LogP contribution in [-0.4, -0.2) is 60.6 Å². The number of nitrogens with two attached hydrogens (primary N) is 1. The number of carbonyl (C=O) groups excluding carboxylic acids is 1. The lowest BCUT2D eigenvalue weighted by Gasteiger charge is -2.32. The Kier molecular flexibility index (Phi) is 9.11. The number of aliphatic hydroxyl groups excluding tert-OH is 1. The summed E-state index contributed by atoms with van der Waals surface area (Å²) < 4.78 is 5.42. The molecule has 1 aromatic rings. The fourth-order valence-electron chi connectivity index (χ4n) is 3.48. The molecule has 3 unspecified atom stereocenters. The molecule has 1 fully saturated rings. The molecule has 2 rings (SSSR count). The van der Waals surface area contributed by atoms with E-state index >= 15 is 0 Å². The van der Waals surface area contributed by atoms with Crippen LogP contribution in [0.1, 0.15) is 49.0 Å². The van der Waals surface area contributed by atoms with E-state index in [1.165, 1.54) is 0 Å². The third kappa shape index (κ3) is 6.70. The topological polar surface area (TPSA) is 122 Å². The molecule has 0 aliphatic carbocycles. The molecule has 0 saturated carbocycles. The molecule has 0 radical (unpaired) electrons. The number of carbonyl (C=O) groups is 1. The highest BCUT2D eigenvalue weighted by Crippen LogP contribution is 2.17. The molecule has 8 heteroatoms. The Morgan fingerprint density at radius 1 is 1.43 bits per heavy atom. The number of nitrogens with zero attached hydrogens (tertiary/aromatic N) is 1. The third-order valence-electron chi connectivity index (χ3n) is 5.07. The van der Waals surface area contributed by atoms with E-state index in [9.17, 15) is 9.90 Å². The van der Waals surface area contributed by atoms with E-state index < -0.39 is 6.17 Å². The van der Waals surface area contributed by atoms with Crippen LogP contribution in [0.25, 0.3) is 0 Å². The van der Waals surface area contributed by atoms with Crippen LogP contribution in [-0.2, 0) is 4.74 Å². The number of rotatable bonds is 10. The number of anilines is 1. The highest BCUT2D eigenvalue weighted by molar-refractivity contribution is 5.99. The second-order valence-electron chi connectivity index (χ2n) is 7.56. The summed E-state index contributed by atoms with van der Waals surface area (Å²) >= 11 is 0. The first-order valence-electron chi connectivity index (χ1n) is 10.2. The fraction of sp³-hybridized carbons (Fsp3) is 0.700. The Bertz CT molecular complexity index is 620. The molecule has 0 spiro atoms. The Morgan fingerprint density at radius 3 is 2.75 bits per heavy atom. The van der Waals surface area contributed by atoms with Crippen molar-refractivity contribution < 1.29 is 14.6 Å². The van der Waals surface area contributed by atoms with Gasteiger partial charge in [-0.1, -0.05) is 6.92 Å². The average molecular weight is 394 g/mol. The smallest absolute Gasteiger partial charge is 0.256 e. The van der Waals surface area contributed by atoms with Crippen LogP contribution in [0, 0.1) is 12.8 Å². The molecule has 2 heterocycles. The minimum absolute atomic E-state index is 0.000270. The van der Waals surface area contributed by atoms with Gasteiger partial charge in [0.1, 0.15) is 5.82 Å². The summed E-state index contributed by atoms with van der Waals surface area (Å²) in [6.07, 6.45) is 4.16. The van der Waals surface area contributed by atoms with Crippen molar-refractivity contribution in [2.24, 2.45) is 11.7 Å². The summed E-state index contributed by atoms with van der Waals surface area (Å²) in [6.45, 7) is 7.84. The number of pyridine rings is 1. The van der Waals surface area contributed by atoms with Crippen molar-refractivity contribution >= 4 is 11.7 Å². The molecule has 28 heavy (non-hydrogen) atoms. The van der Waals surface area contributed by atoms with E-state index in [1.807, 2.05) is 6.92 Å². The maximum atomic E-state index is 12.5. The summed E-state index contributed by atoms with van der Waals surface area (Å²) in [6, 6.07) is 2.38. The molecular weight excluding hydrogens is 358 g/mol. The van der Waals surface area contributed by atoms with Gasteiger partial charge >= 0.3 is 0 Å². The second kappa shape index (κ2) is 11.3. The predicted octanol–water partition coefficient (Wildman–Crippen LogP) is 0.992. The van der Waals surface area contributed by atoms with Crippen molar-refractivity contribution in [1.82, 2.24) is 15.6 Å². The number of hydrogen-bond acceptors (Lipinski definition) is 7. The summed E-state index contributed by atoms with van der Waals surface area (Å²) in [7, 11) is 0. The van der Waals surface area contributed by atoms with Gasteiger partial charge < -0.3 is 31.5 Å². The molecule has 158 valence electrons. The van der Waals surface area contributed by atoms with Crippen LogP contribution in [0.3, 0.4) is 0 Å². The minimum Gasteiger partial charge on any atom is -0.396 e. The number of ether oxygens (including phenoxy) is 1. The van der Waals surface area contributed by atoms with E-state index in [-0.39, 0.29) is 24.5 Å². The number of amides is 1. The standard InChI is InChI=1S/C20H35N5O3/c1-4-18(25-16-5-7-28-8-6-16)15(12-26)11-23-19-17(9-13(2)10-22-19)20(27)24-14(3)21/h9-10,14-16,18,25-26H,4-8,11-12,21H2,1-3H3,(H,22,23)(H,24,27). The molecule has 1 aliphatic heterocycles. The van der Waals surface area contributed by atoms with Crippen molar-refractivity contribution in [2.45, 2.75) is 58.3 Å². The molecule has 1 amide bonds. The van der Waals surface area contributed by atoms with Crippen LogP contribution in [0.5, 0.6) is 0 Å². The van der Waals surface area contributed by atoms with E-state index in [4.69, 9.17) is 10.5 Å². The lowest BCUT2D eigenvalue weighted by molar-refractivity contribution is 0.0695. The fourth-order valence-corrected chi connectivity index (χ4v) is 3.48. The molecule has 0 bridgehead atoms. The predicted molar refractivity (Wildman–Crippen MR) is 110 cm³/mol. The second-order valence-corrected chi connectivity index (χ2v) is 7.56. The zero-order valence-electron chi connectivity index (χ0n) is 17.2. The quantitative estimate of drug-likeness (QED) is 0.376. The summed E-state index contributed by atoms with van der Waals surface area (Å²) in [4.78, 5) is 16.8. The van der Waals surface area contributed by atoms with Gasteiger partial charge in [-0.05, 0) is 44.7 Å². The molecular formula is C20H35N5O3. The van der Waals surface area contributed by atoms with E-state index in [1.54, 1.807) is 19.2 Å². The van der Waals surface area contributed by atoms with Gasteiger partial charge in [0.15, 0.2) is 0 Å². The minimum atomic E-state index is -0.445. The van der Waals surface area contributed by atoms with Crippen molar-refractivity contribution in [3.63, 3.8) is 0 Å². The van der Waals surface area contributed by atoms with Gasteiger partial charge in [0.25, 0.3) is 5.91 Å². The molecule has 1 aromatic heterocycles. The molecule has 1 saturated heterocycles. The van der Waals surface area contributed by atoms with Gasteiger partial charge in [0.2, 0.25) is 0 Å². The lowest BCUT2D eigenvalue weighted by Crippen LogP contribution is -2.47. The normalized spacial score (nSPS) is 18.3. The van der Waals surface area contributed by atoms with E-state index in [2.05, 4.69) is 27.9 Å². The van der Waals surface area contributed by atoms with Gasteiger partial charge in [0.05, 0.1) is 11.7 Å². The van der Waals surface area contributed by atoms with Crippen molar-refractivity contribution in [1.29, 1.82) is 0 Å². The summed E-state index contributed by atoms with van der Waals surface area (Å²) in [5.74, 6) is 0.241. The SMILES string of the molecule is CCC(NC1CCOCC1)C(CO)CNc1ncc(C)cc1C(=O)NC(C)N. The van der Waals surface area contributed by atoms with E-state index in [0.29, 0.717) is 24.0 Å². The lowest BCUT2D eigenvalue weighted by atomic mass is 9.95. The first kappa shape index (κ1) is 22.5. The monoisotopic (exact) mass is 393 g/mol. The number of nitrogens with one attached hydrogen (secondary N) is 3. The average Bonchev–Trinajstić information content (AvgIpc) is 2.68. The van der Waals surface area contributed by atoms with Crippen molar-refractivity contribution in [3.05, 3.63) is 23.4 Å². The first-order chi connectivity index (χ1) is 13.4. The van der Waals surface area contributed by atoms with Gasteiger partial charge in [-0.15, -0.1) is 0 Å². The largest absolute Gasteiger partial charge is 0.396 e. The van der Waals surface area contributed by atoms with Crippen LogP contribution in [0.2, 0.25) is 0 Å². The Hall–Kier alpha value is -1.74. The highest BCUT2D eigenvalue weighted by Gasteiger charge is 2.24. The maximum absolute atomic E-state index is 12.5. The van der Waals surface area contributed by atoms with Crippen LogP contribution in [0.4, 0.5) is 5.82 Å². The number of aromatic nitrogens is 1. The van der Waals surface area contributed by atoms with Crippen LogP contribution < -0.4 is 21.7 Å². The Balaban J connectivity index is 2.04. The summed E-state index contributed by atoms with van der Waals surface area (Å²) in [5, 5.41) is 19.6. The van der Waals surface area contributed by atoms with Crippen molar-refractivity contribution in [3.8, 4) is 0 Å².